The topological polar surface area (TPSA) is 96.0 Å². The highest BCUT2D eigenvalue weighted by molar-refractivity contribution is 7.92. The van der Waals surface area contributed by atoms with E-state index in [1.165, 1.54) is 17.0 Å². The first-order chi connectivity index (χ1) is 22.0. The van der Waals surface area contributed by atoms with Gasteiger partial charge in [0.25, 0.3) is 10.0 Å². The normalized spacial score (nSPS) is 12.0. The largest absolute Gasteiger partial charge is 0.494 e. The standard InChI is InChI=1S/C36H40ClN3O5S/c1-5-45-31-19-17-30(18-20-31)40(46(43,44)32-21-15-27(4)16-22-32)25-35(41)39(24-29-13-9-10-14-33(29)37)34(36(42)38-26(2)3)23-28-11-7-6-8-12-28/h6-22,26,34H,5,23-25H2,1-4H3,(H,38,42). The lowest BCUT2D eigenvalue weighted by Crippen LogP contribution is -2.54. The number of benzene rings is 4. The maximum Gasteiger partial charge on any atom is 0.264 e. The van der Waals surface area contributed by atoms with Gasteiger partial charge in [-0.25, -0.2) is 8.42 Å². The van der Waals surface area contributed by atoms with Gasteiger partial charge in [0.1, 0.15) is 18.3 Å². The van der Waals surface area contributed by atoms with Gasteiger partial charge in [0.2, 0.25) is 11.8 Å². The summed E-state index contributed by atoms with van der Waals surface area (Å²) in [6.45, 7) is 7.29. The molecule has 4 rings (SSSR count). The Hall–Kier alpha value is -4.34. The monoisotopic (exact) mass is 661 g/mol. The number of halogens is 1. The molecule has 4 aromatic rings. The van der Waals surface area contributed by atoms with Gasteiger partial charge in [-0.05, 0) is 81.3 Å². The number of nitrogens with one attached hydrogen (secondary N) is 1. The molecule has 0 aliphatic heterocycles. The maximum atomic E-state index is 14.5. The Kier molecular flexibility index (Phi) is 11.8. The molecule has 1 N–H and O–H groups in total. The molecule has 0 aliphatic carbocycles. The van der Waals surface area contributed by atoms with Crippen molar-refractivity contribution < 1.29 is 22.7 Å². The van der Waals surface area contributed by atoms with Gasteiger partial charge in [-0.15, -0.1) is 0 Å². The minimum atomic E-state index is -4.21. The molecule has 2 amide bonds. The summed E-state index contributed by atoms with van der Waals surface area (Å²) in [5.74, 6) is -0.350. The van der Waals surface area contributed by atoms with Crippen molar-refractivity contribution in [1.29, 1.82) is 0 Å². The average molecular weight is 662 g/mol. The van der Waals surface area contributed by atoms with Crippen molar-refractivity contribution in [2.24, 2.45) is 0 Å². The lowest BCUT2D eigenvalue weighted by atomic mass is 10.0. The second-order valence-corrected chi connectivity index (χ2v) is 13.5. The van der Waals surface area contributed by atoms with Gasteiger partial charge < -0.3 is 15.0 Å². The van der Waals surface area contributed by atoms with Crippen LogP contribution in [0.5, 0.6) is 5.75 Å². The second kappa shape index (κ2) is 15.8. The summed E-state index contributed by atoms with van der Waals surface area (Å²) in [6, 6.07) is 28.3. The van der Waals surface area contributed by atoms with Crippen LogP contribution in [-0.4, -0.2) is 50.4 Å². The first-order valence-corrected chi connectivity index (χ1v) is 17.0. The van der Waals surface area contributed by atoms with Gasteiger partial charge in [0.05, 0.1) is 17.2 Å². The van der Waals surface area contributed by atoms with Crippen molar-refractivity contribution in [3.63, 3.8) is 0 Å². The Morgan fingerprint density at radius 1 is 0.870 bits per heavy atom. The van der Waals surface area contributed by atoms with E-state index in [4.69, 9.17) is 16.3 Å². The fourth-order valence-electron chi connectivity index (χ4n) is 4.99. The molecule has 8 nitrogen and oxygen atoms in total. The first-order valence-electron chi connectivity index (χ1n) is 15.2. The Labute approximate surface area is 277 Å². The molecular formula is C36H40ClN3O5S. The summed E-state index contributed by atoms with van der Waals surface area (Å²) in [5, 5.41) is 3.38. The molecule has 0 spiro atoms. The van der Waals surface area contributed by atoms with Crippen molar-refractivity contribution >= 4 is 39.1 Å². The molecular weight excluding hydrogens is 622 g/mol. The number of carbonyl (C=O) groups is 2. The highest BCUT2D eigenvalue weighted by Crippen LogP contribution is 2.28. The van der Waals surface area contributed by atoms with Gasteiger partial charge in [-0.3, -0.25) is 13.9 Å². The summed E-state index contributed by atoms with van der Waals surface area (Å²) in [6.07, 6.45) is 0.212. The molecule has 0 saturated carbocycles. The zero-order valence-corrected chi connectivity index (χ0v) is 28.1. The zero-order valence-electron chi connectivity index (χ0n) is 26.5. The number of rotatable bonds is 14. The molecule has 0 radical (unpaired) electrons. The average Bonchev–Trinajstić information content (AvgIpc) is 3.03. The number of anilines is 1. The quantitative estimate of drug-likeness (QED) is 0.169. The Balaban J connectivity index is 1.81. The number of amides is 2. The van der Waals surface area contributed by atoms with Crippen LogP contribution in [0.25, 0.3) is 0 Å². The molecule has 0 bridgehead atoms. The fraction of sp³-hybridized carbons (Fsp3) is 0.278. The third-order valence-corrected chi connectivity index (χ3v) is 9.48. The predicted molar refractivity (Wildman–Crippen MR) is 183 cm³/mol. The van der Waals surface area contributed by atoms with Crippen LogP contribution in [-0.2, 0) is 32.6 Å². The third-order valence-electron chi connectivity index (χ3n) is 7.32. The van der Waals surface area contributed by atoms with Crippen LogP contribution in [0.1, 0.15) is 37.5 Å². The van der Waals surface area contributed by atoms with E-state index >= 15 is 0 Å². The molecule has 0 aliphatic rings. The number of nitrogens with zero attached hydrogens (tertiary/aromatic N) is 2. The molecule has 242 valence electrons. The fourth-order valence-corrected chi connectivity index (χ4v) is 6.60. The van der Waals surface area contributed by atoms with Crippen LogP contribution >= 0.6 is 11.6 Å². The van der Waals surface area contributed by atoms with Crippen LogP contribution in [0.3, 0.4) is 0 Å². The molecule has 0 aromatic heterocycles. The molecule has 1 unspecified atom stereocenters. The summed E-state index contributed by atoms with van der Waals surface area (Å²) in [7, 11) is -4.21. The first kappa shape index (κ1) is 34.5. The van der Waals surface area contributed by atoms with Crippen LogP contribution in [0.15, 0.2) is 108 Å². The third kappa shape index (κ3) is 8.89. The Bertz CT molecular complexity index is 1710. The molecule has 46 heavy (non-hydrogen) atoms. The summed E-state index contributed by atoms with van der Waals surface area (Å²) < 4.78 is 35.0. The van der Waals surface area contributed by atoms with Crippen LogP contribution in [0.2, 0.25) is 5.02 Å². The van der Waals surface area contributed by atoms with E-state index in [1.807, 2.05) is 58.0 Å². The molecule has 0 saturated heterocycles. The van der Waals surface area contributed by atoms with E-state index in [1.54, 1.807) is 60.7 Å². The van der Waals surface area contributed by atoms with Crippen molar-refractivity contribution in [1.82, 2.24) is 10.2 Å². The maximum absolute atomic E-state index is 14.5. The van der Waals surface area contributed by atoms with Gasteiger partial charge in [-0.2, -0.15) is 0 Å². The minimum Gasteiger partial charge on any atom is -0.494 e. The van der Waals surface area contributed by atoms with E-state index < -0.39 is 28.5 Å². The number of hydrogen-bond acceptors (Lipinski definition) is 5. The van der Waals surface area contributed by atoms with E-state index in [0.29, 0.717) is 22.9 Å². The van der Waals surface area contributed by atoms with Gasteiger partial charge >= 0.3 is 0 Å². The highest BCUT2D eigenvalue weighted by Gasteiger charge is 2.35. The predicted octanol–water partition coefficient (Wildman–Crippen LogP) is 6.41. The van der Waals surface area contributed by atoms with Crippen LogP contribution in [0, 0.1) is 6.92 Å². The van der Waals surface area contributed by atoms with E-state index in [0.717, 1.165) is 15.4 Å². The second-order valence-electron chi connectivity index (χ2n) is 11.2. The number of aryl methyl sites for hydroxylation is 1. The van der Waals surface area contributed by atoms with E-state index in [9.17, 15) is 18.0 Å². The Morgan fingerprint density at radius 3 is 2.11 bits per heavy atom. The smallest absolute Gasteiger partial charge is 0.264 e. The van der Waals surface area contributed by atoms with Crippen molar-refractivity contribution in [2.75, 3.05) is 17.5 Å². The lowest BCUT2D eigenvalue weighted by molar-refractivity contribution is -0.140. The van der Waals surface area contributed by atoms with Crippen molar-refractivity contribution in [2.45, 2.75) is 57.6 Å². The number of ether oxygens (including phenoxy) is 1. The SMILES string of the molecule is CCOc1ccc(N(CC(=O)N(Cc2ccccc2Cl)C(Cc2ccccc2)C(=O)NC(C)C)S(=O)(=O)c2ccc(C)cc2)cc1. The van der Waals surface area contributed by atoms with E-state index in [2.05, 4.69) is 5.32 Å². The van der Waals surface area contributed by atoms with E-state index in [-0.39, 0.29) is 35.5 Å². The molecule has 0 fully saturated rings. The molecule has 0 heterocycles. The summed E-state index contributed by atoms with van der Waals surface area (Å²) in [5.41, 5.74) is 2.65. The Morgan fingerprint density at radius 2 is 1.50 bits per heavy atom. The summed E-state index contributed by atoms with van der Waals surface area (Å²) in [4.78, 5) is 29.8. The number of sulfonamides is 1. The van der Waals surface area contributed by atoms with Crippen LogP contribution < -0.4 is 14.4 Å². The number of hydrogen-bond donors (Lipinski definition) is 1. The van der Waals surface area contributed by atoms with Crippen molar-refractivity contribution in [3.05, 3.63) is 125 Å². The van der Waals surface area contributed by atoms with Crippen molar-refractivity contribution in [3.8, 4) is 5.75 Å². The molecule has 1 atom stereocenters. The van der Waals surface area contributed by atoms with Gasteiger partial charge in [0, 0.05) is 24.0 Å². The minimum absolute atomic E-state index is 0.0107. The molecule has 4 aromatic carbocycles. The lowest BCUT2D eigenvalue weighted by Gasteiger charge is -2.34. The van der Waals surface area contributed by atoms with Gasteiger partial charge in [-0.1, -0.05) is 77.8 Å². The number of carbonyl (C=O) groups excluding carboxylic acids is 2. The van der Waals surface area contributed by atoms with Crippen LogP contribution in [0.4, 0.5) is 5.69 Å². The molecule has 10 heteroatoms. The highest BCUT2D eigenvalue weighted by atomic mass is 35.5. The zero-order chi connectivity index (χ0) is 33.3. The summed E-state index contributed by atoms with van der Waals surface area (Å²) >= 11 is 6.55. The van der Waals surface area contributed by atoms with Gasteiger partial charge in [0.15, 0.2) is 0 Å².